The summed E-state index contributed by atoms with van der Waals surface area (Å²) in [6.07, 6.45) is 6.22. The molecule has 3 heterocycles. The number of pyridine rings is 1. The number of nitrogens with zero attached hydrogens (tertiary/aromatic N) is 5. The van der Waals surface area contributed by atoms with Crippen molar-refractivity contribution in [2.45, 2.75) is 31.7 Å². The number of hydrogen-bond donors (Lipinski definition) is 1. The van der Waals surface area contributed by atoms with Gasteiger partial charge in [-0.3, -0.25) is 9.20 Å². The monoisotopic (exact) mass is 466 g/mol. The van der Waals surface area contributed by atoms with Gasteiger partial charge in [-0.15, -0.1) is 10.2 Å². The van der Waals surface area contributed by atoms with E-state index in [0.717, 1.165) is 35.0 Å². The van der Waals surface area contributed by atoms with Crippen molar-refractivity contribution in [3.05, 3.63) is 60.4 Å². The number of rotatable bonds is 11. The van der Waals surface area contributed by atoms with Crippen LogP contribution in [0.4, 0.5) is 0 Å². The number of thioether (sulfide) groups is 1. The van der Waals surface area contributed by atoms with Gasteiger partial charge in [0.2, 0.25) is 17.6 Å². The molecule has 0 aliphatic carbocycles. The van der Waals surface area contributed by atoms with Crippen LogP contribution in [-0.4, -0.2) is 49.8 Å². The highest BCUT2D eigenvalue weighted by molar-refractivity contribution is 7.98. The number of carbonyl (C=O) groups is 1. The average molecular weight is 467 g/mol. The van der Waals surface area contributed by atoms with E-state index in [9.17, 15) is 4.79 Å². The first-order valence-corrected chi connectivity index (χ1v) is 12.1. The fourth-order valence-electron chi connectivity index (χ4n) is 3.48. The lowest BCUT2D eigenvalue weighted by Crippen LogP contribution is -2.30. The molecule has 0 aliphatic heterocycles. The first-order chi connectivity index (χ1) is 16.2. The van der Waals surface area contributed by atoms with Gasteiger partial charge in [-0.05, 0) is 61.2 Å². The van der Waals surface area contributed by atoms with Gasteiger partial charge in [-0.1, -0.05) is 11.2 Å². The minimum Gasteiger partial charge on any atom is -0.497 e. The quantitative estimate of drug-likeness (QED) is 0.356. The maximum absolute atomic E-state index is 12.7. The van der Waals surface area contributed by atoms with E-state index < -0.39 is 0 Å². The molecule has 0 aliphatic rings. The van der Waals surface area contributed by atoms with Gasteiger partial charge in [-0.2, -0.15) is 16.7 Å². The normalized spacial score (nSPS) is 12.1. The van der Waals surface area contributed by atoms with Gasteiger partial charge in [0.25, 0.3) is 0 Å². The molecule has 9 nitrogen and oxygen atoms in total. The highest BCUT2D eigenvalue weighted by atomic mass is 32.2. The zero-order valence-corrected chi connectivity index (χ0v) is 19.4. The predicted molar refractivity (Wildman–Crippen MR) is 126 cm³/mol. The van der Waals surface area contributed by atoms with Crippen molar-refractivity contribution in [3.63, 3.8) is 0 Å². The molecular weight excluding hydrogens is 440 g/mol. The summed E-state index contributed by atoms with van der Waals surface area (Å²) in [5, 5.41) is 15.7. The van der Waals surface area contributed by atoms with E-state index in [1.54, 1.807) is 18.9 Å². The lowest BCUT2D eigenvalue weighted by atomic mass is 10.1. The summed E-state index contributed by atoms with van der Waals surface area (Å²) in [5.41, 5.74) is 1.61. The van der Waals surface area contributed by atoms with Crippen LogP contribution in [0.3, 0.4) is 0 Å². The third kappa shape index (κ3) is 5.70. The molecule has 0 bridgehead atoms. The van der Waals surface area contributed by atoms with Crippen LogP contribution >= 0.6 is 11.8 Å². The number of benzene rings is 1. The molecule has 1 amide bonds. The number of hydrogen-bond acceptors (Lipinski definition) is 8. The second-order valence-electron chi connectivity index (χ2n) is 7.48. The van der Waals surface area contributed by atoms with E-state index in [2.05, 4.69) is 25.7 Å². The van der Waals surface area contributed by atoms with Crippen LogP contribution in [0.2, 0.25) is 0 Å². The number of aromatic nitrogens is 5. The predicted octanol–water partition coefficient (Wildman–Crippen LogP) is 3.72. The second kappa shape index (κ2) is 11.0. The van der Waals surface area contributed by atoms with Gasteiger partial charge >= 0.3 is 0 Å². The third-order valence-corrected chi connectivity index (χ3v) is 5.85. The maximum atomic E-state index is 12.7. The van der Waals surface area contributed by atoms with Crippen molar-refractivity contribution in [1.82, 2.24) is 30.1 Å². The Bertz CT molecular complexity index is 1190. The fourth-order valence-corrected chi connectivity index (χ4v) is 3.95. The van der Waals surface area contributed by atoms with Crippen molar-refractivity contribution in [3.8, 4) is 17.1 Å². The first kappa shape index (κ1) is 22.8. The molecular formula is C23H26N6O3S. The number of methoxy groups -OCH3 is 1. The lowest BCUT2D eigenvalue weighted by Gasteiger charge is -2.17. The number of fused-ring (bicyclic) bond motifs is 1. The molecule has 0 saturated heterocycles. The maximum Gasteiger partial charge on any atom is 0.226 e. The zero-order valence-electron chi connectivity index (χ0n) is 18.6. The zero-order chi connectivity index (χ0) is 23.0. The Morgan fingerprint density at radius 2 is 2.06 bits per heavy atom. The van der Waals surface area contributed by atoms with Crippen molar-refractivity contribution in [2.24, 2.45) is 0 Å². The molecule has 1 aromatic carbocycles. The molecule has 0 radical (unpaired) electrons. The Morgan fingerprint density at radius 3 is 2.85 bits per heavy atom. The van der Waals surface area contributed by atoms with Gasteiger partial charge in [0, 0.05) is 24.6 Å². The first-order valence-electron chi connectivity index (χ1n) is 10.7. The van der Waals surface area contributed by atoms with Gasteiger partial charge < -0.3 is 14.6 Å². The topological polar surface area (TPSA) is 107 Å². The minimum absolute atomic E-state index is 0.0383. The number of aryl methyl sites for hydroxylation is 1. The molecule has 33 heavy (non-hydrogen) atoms. The standard InChI is InChI=1S/C23H26N6O3S/c1-31-17-11-9-16(10-12-17)22-25-21(32-28-22)8-5-7-20(30)24-18(13-15-33-2)23-27-26-19-6-3-4-14-29(19)23/h3-4,6,9-12,14,18H,5,7-8,13,15H2,1-2H3,(H,24,30). The Hall–Kier alpha value is -3.40. The van der Waals surface area contributed by atoms with Crippen LogP contribution in [0, 0.1) is 0 Å². The summed E-state index contributed by atoms with van der Waals surface area (Å²) in [4.78, 5) is 17.1. The molecule has 1 N–H and O–H groups in total. The lowest BCUT2D eigenvalue weighted by molar-refractivity contribution is -0.122. The van der Waals surface area contributed by atoms with E-state index >= 15 is 0 Å². The molecule has 172 valence electrons. The van der Waals surface area contributed by atoms with Crippen LogP contribution < -0.4 is 10.1 Å². The summed E-state index contributed by atoms with van der Waals surface area (Å²) in [7, 11) is 1.62. The van der Waals surface area contributed by atoms with Crippen molar-refractivity contribution in [2.75, 3.05) is 19.1 Å². The molecule has 10 heteroatoms. The number of carbonyl (C=O) groups excluding carboxylic acids is 1. The van der Waals surface area contributed by atoms with E-state index in [0.29, 0.717) is 31.0 Å². The van der Waals surface area contributed by atoms with Gasteiger partial charge in [0.05, 0.1) is 13.2 Å². The second-order valence-corrected chi connectivity index (χ2v) is 8.47. The van der Waals surface area contributed by atoms with Crippen LogP contribution in [0.1, 0.15) is 37.0 Å². The molecule has 3 aromatic heterocycles. The highest BCUT2D eigenvalue weighted by Crippen LogP contribution is 2.21. The average Bonchev–Trinajstić information content (AvgIpc) is 3.49. The molecule has 0 saturated carbocycles. The highest BCUT2D eigenvalue weighted by Gasteiger charge is 2.20. The third-order valence-electron chi connectivity index (χ3n) is 5.21. The molecule has 0 spiro atoms. The Kier molecular flexibility index (Phi) is 7.56. The summed E-state index contributed by atoms with van der Waals surface area (Å²) < 4.78 is 12.4. The smallest absolute Gasteiger partial charge is 0.226 e. The summed E-state index contributed by atoms with van der Waals surface area (Å²) >= 11 is 1.73. The summed E-state index contributed by atoms with van der Waals surface area (Å²) in [6, 6.07) is 13.0. The fraction of sp³-hybridized carbons (Fsp3) is 0.348. The largest absolute Gasteiger partial charge is 0.497 e. The number of nitrogens with one attached hydrogen (secondary N) is 1. The van der Waals surface area contributed by atoms with Crippen LogP contribution in [0.15, 0.2) is 53.2 Å². The van der Waals surface area contributed by atoms with Gasteiger partial charge in [0.15, 0.2) is 11.5 Å². The molecule has 1 unspecified atom stereocenters. The Morgan fingerprint density at radius 1 is 1.21 bits per heavy atom. The van der Waals surface area contributed by atoms with E-state index in [1.807, 2.05) is 59.3 Å². The SMILES string of the molecule is COc1ccc(-c2noc(CCCC(=O)NC(CCSC)c3nnc4ccccn34)n2)cc1. The Balaban J connectivity index is 1.32. The van der Waals surface area contributed by atoms with Crippen molar-refractivity contribution < 1.29 is 14.1 Å². The van der Waals surface area contributed by atoms with Crippen LogP contribution in [0.25, 0.3) is 17.0 Å². The molecule has 4 aromatic rings. The van der Waals surface area contributed by atoms with E-state index in [-0.39, 0.29) is 11.9 Å². The summed E-state index contributed by atoms with van der Waals surface area (Å²) in [5.74, 6) is 3.41. The number of amides is 1. The van der Waals surface area contributed by atoms with Crippen LogP contribution in [-0.2, 0) is 11.2 Å². The van der Waals surface area contributed by atoms with Crippen molar-refractivity contribution >= 4 is 23.3 Å². The van der Waals surface area contributed by atoms with Crippen molar-refractivity contribution in [1.29, 1.82) is 0 Å². The molecule has 4 rings (SSSR count). The number of ether oxygens (including phenoxy) is 1. The Labute approximate surface area is 195 Å². The minimum atomic E-state index is -0.201. The molecule has 1 atom stereocenters. The van der Waals surface area contributed by atoms with Gasteiger partial charge in [0.1, 0.15) is 5.75 Å². The van der Waals surface area contributed by atoms with Crippen LogP contribution in [0.5, 0.6) is 5.75 Å². The van der Waals surface area contributed by atoms with Gasteiger partial charge in [-0.25, -0.2) is 0 Å². The van der Waals surface area contributed by atoms with E-state index in [4.69, 9.17) is 9.26 Å². The molecule has 0 fully saturated rings. The summed E-state index contributed by atoms with van der Waals surface area (Å²) in [6.45, 7) is 0. The van der Waals surface area contributed by atoms with E-state index in [1.165, 1.54) is 0 Å².